The smallest absolute Gasteiger partial charge is 0.0713 e. The standard InChI is InChI=1S/C63H43N/c1-4-18-44(19-5-1)52-42-43-53(57-28-13-12-27-56(52)57)46-34-38-50(39-35-46)64(61-33-16-21-45-20-10-11-26-54(45)61)51-40-36-47(37-41-51)55-30-17-32-60-62(55)58-29-14-15-31-59(58)63(60,48-22-6-2-7-23-48)49-24-8-3-9-25-49/h1-43H. The highest BCUT2D eigenvalue weighted by Gasteiger charge is 2.46. The van der Waals surface area contributed by atoms with Gasteiger partial charge in [-0.05, 0) is 113 Å². The van der Waals surface area contributed by atoms with E-state index in [0.717, 1.165) is 17.1 Å². The third-order valence-electron chi connectivity index (χ3n) is 13.4. The summed E-state index contributed by atoms with van der Waals surface area (Å²) in [6.45, 7) is 0. The molecule has 0 bridgehead atoms. The Morgan fingerprint density at radius 1 is 0.266 bits per heavy atom. The Balaban J connectivity index is 0.981. The number of rotatable bonds is 8. The maximum absolute atomic E-state index is 2.41. The number of hydrogen-bond acceptors (Lipinski definition) is 1. The van der Waals surface area contributed by atoms with Crippen molar-refractivity contribution in [1.82, 2.24) is 0 Å². The van der Waals surface area contributed by atoms with Crippen LogP contribution in [0.5, 0.6) is 0 Å². The zero-order chi connectivity index (χ0) is 42.5. The number of nitrogens with zero attached hydrogens (tertiary/aromatic N) is 1. The fourth-order valence-electron chi connectivity index (χ4n) is 10.6. The first-order chi connectivity index (χ1) is 31.8. The van der Waals surface area contributed by atoms with Gasteiger partial charge >= 0.3 is 0 Å². The monoisotopic (exact) mass is 813 g/mol. The van der Waals surface area contributed by atoms with E-state index in [1.54, 1.807) is 0 Å². The van der Waals surface area contributed by atoms with Gasteiger partial charge in [0.15, 0.2) is 0 Å². The molecule has 1 aliphatic rings. The molecule has 1 heteroatoms. The van der Waals surface area contributed by atoms with Crippen molar-refractivity contribution < 1.29 is 0 Å². The summed E-state index contributed by atoms with van der Waals surface area (Å²) in [7, 11) is 0. The van der Waals surface area contributed by atoms with Gasteiger partial charge < -0.3 is 4.90 Å². The molecule has 0 amide bonds. The lowest BCUT2D eigenvalue weighted by Gasteiger charge is -2.34. The van der Waals surface area contributed by atoms with E-state index < -0.39 is 5.41 Å². The van der Waals surface area contributed by atoms with Crippen molar-refractivity contribution in [2.45, 2.75) is 5.41 Å². The molecule has 0 saturated carbocycles. The lowest BCUT2D eigenvalue weighted by atomic mass is 9.67. The van der Waals surface area contributed by atoms with Crippen LogP contribution in [0, 0.1) is 0 Å². The van der Waals surface area contributed by atoms with Gasteiger partial charge in [-0.25, -0.2) is 0 Å². The molecule has 0 aliphatic heterocycles. The molecule has 1 nitrogen and oxygen atoms in total. The Morgan fingerprint density at radius 3 is 1.33 bits per heavy atom. The van der Waals surface area contributed by atoms with Gasteiger partial charge in [-0.3, -0.25) is 0 Å². The van der Waals surface area contributed by atoms with Crippen LogP contribution in [0.2, 0.25) is 0 Å². The van der Waals surface area contributed by atoms with Crippen LogP contribution in [-0.2, 0) is 5.41 Å². The lowest BCUT2D eigenvalue weighted by Crippen LogP contribution is -2.28. The molecule has 11 aromatic rings. The Morgan fingerprint density at radius 2 is 0.703 bits per heavy atom. The van der Waals surface area contributed by atoms with Crippen molar-refractivity contribution in [3.8, 4) is 44.5 Å². The largest absolute Gasteiger partial charge is 0.310 e. The first-order valence-corrected chi connectivity index (χ1v) is 22.2. The van der Waals surface area contributed by atoms with Crippen LogP contribution in [0.4, 0.5) is 17.1 Å². The van der Waals surface area contributed by atoms with Crippen LogP contribution < -0.4 is 4.90 Å². The second-order valence-electron chi connectivity index (χ2n) is 16.8. The van der Waals surface area contributed by atoms with Gasteiger partial charge in [0.1, 0.15) is 0 Å². The molecule has 0 atom stereocenters. The Bertz CT molecular complexity index is 3420. The second kappa shape index (κ2) is 15.6. The van der Waals surface area contributed by atoms with E-state index >= 15 is 0 Å². The summed E-state index contributed by atoms with van der Waals surface area (Å²) in [4.78, 5) is 2.41. The highest BCUT2D eigenvalue weighted by Crippen LogP contribution is 2.58. The van der Waals surface area contributed by atoms with E-state index in [4.69, 9.17) is 0 Å². The van der Waals surface area contributed by atoms with E-state index in [1.165, 1.54) is 88.3 Å². The maximum atomic E-state index is 2.41. The minimum atomic E-state index is -0.446. The van der Waals surface area contributed by atoms with Gasteiger partial charge in [0.05, 0.1) is 11.1 Å². The van der Waals surface area contributed by atoms with E-state index in [1.807, 2.05) is 0 Å². The van der Waals surface area contributed by atoms with Crippen LogP contribution in [0.1, 0.15) is 22.3 Å². The molecule has 11 aromatic carbocycles. The summed E-state index contributed by atoms with van der Waals surface area (Å²) in [5.41, 5.74) is 18.0. The normalized spacial score (nSPS) is 12.5. The number of hydrogen-bond donors (Lipinski definition) is 0. The molecular formula is C63H43N. The third kappa shape index (κ3) is 6.01. The van der Waals surface area contributed by atoms with Gasteiger partial charge in [0.25, 0.3) is 0 Å². The highest BCUT2D eigenvalue weighted by atomic mass is 15.1. The molecule has 300 valence electrons. The molecule has 0 fully saturated rings. The SMILES string of the molecule is c1ccc(-c2ccc(-c3ccc(N(c4ccc(-c5cccc6c5-c5ccccc5C6(c5ccccc5)c5ccccc5)cc4)c4cccc5ccccc45)cc3)c3ccccc23)cc1. The van der Waals surface area contributed by atoms with Crippen LogP contribution in [-0.4, -0.2) is 0 Å². The first-order valence-electron chi connectivity index (χ1n) is 22.2. The highest BCUT2D eigenvalue weighted by molar-refractivity contribution is 6.05. The minimum Gasteiger partial charge on any atom is -0.310 e. The van der Waals surface area contributed by atoms with Crippen molar-refractivity contribution in [2.75, 3.05) is 4.90 Å². The average Bonchev–Trinajstić information content (AvgIpc) is 3.69. The minimum absolute atomic E-state index is 0.446. The average molecular weight is 814 g/mol. The molecule has 0 N–H and O–H groups in total. The van der Waals surface area contributed by atoms with E-state index in [9.17, 15) is 0 Å². The molecule has 12 rings (SSSR count). The molecular weight excluding hydrogens is 771 g/mol. The summed E-state index contributed by atoms with van der Waals surface area (Å²) < 4.78 is 0. The van der Waals surface area contributed by atoms with Crippen molar-refractivity contribution in [1.29, 1.82) is 0 Å². The quantitative estimate of drug-likeness (QED) is 0.148. The number of fused-ring (bicyclic) bond motifs is 5. The summed E-state index contributed by atoms with van der Waals surface area (Å²) >= 11 is 0. The molecule has 0 heterocycles. The molecule has 0 unspecified atom stereocenters. The van der Waals surface area contributed by atoms with E-state index in [2.05, 4.69) is 266 Å². The predicted octanol–water partition coefficient (Wildman–Crippen LogP) is 16.8. The van der Waals surface area contributed by atoms with Crippen LogP contribution in [0.25, 0.3) is 66.1 Å². The van der Waals surface area contributed by atoms with Gasteiger partial charge in [0.2, 0.25) is 0 Å². The van der Waals surface area contributed by atoms with Gasteiger partial charge in [0, 0.05) is 16.8 Å². The predicted molar refractivity (Wildman–Crippen MR) is 270 cm³/mol. The van der Waals surface area contributed by atoms with Crippen molar-refractivity contribution in [2.24, 2.45) is 0 Å². The maximum Gasteiger partial charge on any atom is 0.0713 e. The Labute approximate surface area is 374 Å². The zero-order valence-electron chi connectivity index (χ0n) is 35.3. The number of benzene rings is 11. The topological polar surface area (TPSA) is 3.24 Å². The zero-order valence-corrected chi connectivity index (χ0v) is 35.3. The van der Waals surface area contributed by atoms with Crippen LogP contribution in [0.3, 0.4) is 0 Å². The molecule has 0 spiro atoms. The second-order valence-corrected chi connectivity index (χ2v) is 16.8. The van der Waals surface area contributed by atoms with Crippen molar-refractivity contribution in [3.05, 3.63) is 283 Å². The van der Waals surface area contributed by atoms with E-state index in [0.29, 0.717) is 0 Å². The fourth-order valence-corrected chi connectivity index (χ4v) is 10.6. The summed E-state index contributed by atoms with van der Waals surface area (Å²) in [5.74, 6) is 0. The molecule has 0 saturated heterocycles. The molecule has 0 radical (unpaired) electrons. The Hall–Kier alpha value is -8.26. The van der Waals surface area contributed by atoms with Gasteiger partial charge in [-0.2, -0.15) is 0 Å². The van der Waals surface area contributed by atoms with Gasteiger partial charge in [-0.15, -0.1) is 0 Å². The number of anilines is 3. The Kier molecular flexibility index (Phi) is 9.13. The van der Waals surface area contributed by atoms with E-state index in [-0.39, 0.29) is 0 Å². The van der Waals surface area contributed by atoms with Crippen LogP contribution in [0.15, 0.2) is 261 Å². The van der Waals surface area contributed by atoms with Crippen molar-refractivity contribution in [3.63, 3.8) is 0 Å². The summed E-state index contributed by atoms with van der Waals surface area (Å²) in [6.07, 6.45) is 0. The first kappa shape index (κ1) is 37.5. The third-order valence-corrected chi connectivity index (χ3v) is 13.4. The lowest BCUT2D eigenvalue weighted by molar-refractivity contribution is 0.768. The van der Waals surface area contributed by atoms with Crippen LogP contribution >= 0.6 is 0 Å². The van der Waals surface area contributed by atoms with Gasteiger partial charge in [-0.1, -0.05) is 231 Å². The van der Waals surface area contributed by atoms with Crippen molar-refractivity contribution >= 4 is 38.6 Å². The molecule has 0 aromatic heterocycles. The molecule has 1 aliphatic carbocycles. The summed E-state index contributed by atoms with van der Waals surface area (Å²) in [5, 5.41) is 4.92. The summed E-state index contributed by atoms with van der Waals surface area (Å²) in [6, 6.07) is 95.6. The molecule has 64 heavy (non-hydrogen) atoms. The fraction of sp³-hybridized carbons (Fsp3) is 0.0159.